The zero-order valence-electron chi connectivity index (χ0n) is 10.6. The summed E-state index contributed by atoms with van der Waals surface area (Å²) >= 11 is 11.9. The van der Waals surface area contributed by atoms with Crippen LogP contribution < -0.4 is 5.32 Å². The van der Waals surface area contributed by atoms with Crippen LogP contribution in [0.4, 0.5) is 0 Å². The Labute approximate surface area is 114 Å². The van der Waals surface area contributed by atoms with Crippen molar-refractivity contribution >= 4 is 23.2 Å². The minimum absolute atomic E-state index is 0.338. The molecule has 1 N–H and O–H groups in total. The Hall–Kier alpha value is -0.280. The first-order valence-corrected chi connectivity index (χ1v) is 6.63. The molecule has 0 aliphatic carbocycles. The fraction of sp³-hybridized carbons (Fsp3) is 0.538. The van der Waals surface area contributed by atoms with Gasteiger partial charge in [-0.1, -0.05) is 36.2 Å². The van der Waals surface area contributed by atoms with E-state index >= 15 is 0 Å². The van der Waals surface area contributed by atoms with Crippen LogP contribution in [0.3, 0.4) is 0 Å². The molecule has 0 radical (unpaired) electrons. The number of hydrogen-bond acceptors (Lipinski definition) is 2. The van der Waals surface area contributed by atoms with Gasteiger partial charge in [0.1, 0.15) is 0 Å². The summed E-state index contributed by atoms with van der Waals surface area (Å²) in [6, 6.07) is 6.17. The Morgan fingerprint density at radius 1 is 1.24 bits per heavy atom. The second-order valence-corrected chi connectivity index (χ2v) is 5.21. The highest BCUT2D eigenvalue weighted by molar-refractivity contribution is 6.42. The van der Waals surface area contributed by atoms with E-state index < -0.39 is 0 Å². The Morgan fingerprint density at radius 3 is 2.47 bits per heavy atom. The smallest absolute Gasteiger partial charge is 0.0595 e. The number of benzene rings is 1. The summed E-state index contributed by atoms with van der Waals surface area (Å²) < 4.78 is 0. The van der Waals surface area contributed by atoms with Gasteiger partial charge in [0.15, 0.2) is 0 Å². The first kappa shape index (κ1) is 14.8. The number of nitrogens with one attached hydrogen (secondary N) is 1. The van der Waals surface area contributed by atoms with Crippen LogP contribution in [0.2, 0.25) is 10.0 Å². The maximum Gasteiger partial charge on any atom is 0.0595 e. The van der Waals surface area contributed by atoms with Crippen molar-refractivity contribution in [3.05, 3.63) is 33.8 Å². The van der Waals surface area contributed by atoms with Gasteiger partial charge in [-0.15, -0.1) is 0 Å². The molecule has 0 bridgehead atoms. The molecule has 0 fully saturated rings. The second kappa shape index (κ2) is 7.22. The summed E-state index contributed by atoms with van der Waals surface area (Å²) in [4.78, 5) is 2.16. The van der Waals surface area contributed by atoms with E-state index in [0.29, 0.717) is 16.1 Å². The van der Waals surface area contributed by atoms with Gasteiger partial charge in [-0.05, 0) is 38.2 Å². The minimum atomic E-state index is 0.338. The fourth-order valence-corrected chi connectivity index (χ4v) is 2.00. The SMILES string of the molecule is CC[C@@H](NCCN(C)C)c1ccc(Cl)c(Cl)c1. The van der Waals surface area contributed by atoms with Crippen LogP contribution in [0.15, 0.2) is 18.2 Å². The molecular weight excluding hydrogens is 255 g/mol. The third-order valence-corrected chi connectivity index (χ3v) is 3.44. The molecule has 0 spiro atoms. The molecule has 2 nitrogen and oxygen atoms in total. The van der Waals surface area contributed by atoms with Crippen molar-refractivity contribution in [3.63, 3.8) is 0 Å². The standard InChI is InChI=1S/C13H20Cl2N2/c1-4-13(16-7-8-17(2)3)10-5-6-11(14)12(15)9-10/h5-6,9,13,16H,4,7-8H2,1-3H3/t13-/m1/s1. The van der Waals surface area contributed by atoms with Crippen LogP contribution in [-0.2, 0) is 0 Å². The van der Waals surface area contributed by atoms with Gasteiger partial charge in [0.2, 0.25) is 0 Å². The zero-order valence-corrected chi connectivity index (χ0v) is 12.1. The van der Waals surface area contributed by atoms with Gasteiger partial charge >= 0.3 is 0 Å². The van der Waals surface area contributed by atoms with Crippen molar-refractivity contribution in [1.29, 1.82) is 0 Å². The number of likely N-dealkylation sites (N-methyl/N-ethyl adjacent to an activating group) is 1. The van der Waals surface area contributed by atoms with Crippen LogP contribution in [0.1, 0.15) is 24.9 Å². The molecule has 0 saturated carbocycles. The van der Waals surface area contributed by atoms with Crippen LogP contribution >= 0.6 is 23.2 Å². The minimum Gasteiger partial charge on any atom is -0.309 e. The summed E-state index contributed by atoms with van der Waals surface area (Å²) in [5.74, 6) is 0. The molecule has 0 amide bonds. The number of hydrogen-bond donors (Lipinski definition) is 1. The highest BCUT2D eigenvalue weighted by Crippen LogP contribution is 2.26. The Balaban J connectivity index is 2.62. The Kier molecular flexibility index (Phi) is 6.28. The molecule has 0 aliphatic rings. The lowest BCUT2D eigenvalue weighted by Gasteiger charge is -2.19. The van der Waals surface area contributed by atoms with E-state index in [2.05, 4.69) is 31.2 Å². The van der Waals surface area contributed by atoms with Crippen LogP contribution in [0.5, 0.6) is 0 Å². The van der Waals surface area contributed by atoms with Crippen molar-refractivity contribution in [1.82, 2.24) is 10.2 Å². The van der Waals surface area contributed by atoms with Crippen LogP contribution in [-0.4, -0.2) is 32.1 Å². The molecule has 1 atom stereocenters. The molecule has 1 rings (SSSR count). The summed E-state index contributed by atoms with van der Waals surface area (Å²) in [6.07, 6.45) is 1.03. The van der Waals surface area contributed by atoms with E-state index in [0.717, 1.165) is 19.5 Å². The molecule has 1 aromatic carbocycles. The molecule has 17 heavy (non-hydrogen) atoms. The molecule has 0 aromatic heterocycles. The lowest BCUT2D eigenvalue weighted by molar-refractivity contribution is 0.382. The van der Waals surface area contributed by atoms with E-state index in [1.807, 2.05) is 18.2 Å². The lowest BCUT2D eigenvalue weighted by atomic mass is 10.0. The summed E-state index contributed by atoms with van der Waals surface area (Å²) in [5.41, 5.74) is 1.20. The van der Waals surface area contributed by atoms with E-state index in [-0.39, 0.29) is 0 Å². The first-order chi connectivity index (χ1) is 8.04. The van der Waals surface area contributed by atoms with Gasteiger partial charge in [0.05, 0.1) is 10.0 Å². The normalized spacial score (nSPS) is 13.1. The predicted molar refractivity (Wildman–Crippen MR) is 76.1 cm³/mol. The summed E-state index contributed by atoms with van der Waals surface area (Å²) in [6.45, 7) is 4.15. The van der Waals surface area contributed by atoms with Crippen molar-refractivity contribution < 1.29 is 0 Å². The summed E-state index contributed by atoms with van der Waals surface area (Å²) in [7, 11) is 4.14. The van der Waals surface area contributed by atoms with E-state index in [9.17, 15) is 0 Å². The molecule has 0 heterocycles. The molecule has 1 aromatic rings. The zero-order chi connectivity index (χ0) is 12.8. The van der Waals surface area contributed by atoms with Gasteiger partial charge in [-0.2, -0.15) is 0 Å². The quantitative estimate of drug-likeness (QED) is 0.853. The fourth-order valence-electron chi connectivity index (χ4n) is 1.69. The van der Waals surface area contributed by atoms with Crippen LogP contribution in [0.25, 0.3) is 0 Å². The van der Waals surface area contributed by atoms with Gasteiger partial charge in [0, 0.05) is 19.1 Å². The molecule has 0 aliphatic heterocycles. The molecule has 96 valence electrons. The average Bonchev–Trinajstić information content (AvgIpc) is 2.28. The maximum absolute atomic E-state index is 6.03. The lowest BCUT2D eigenvalue weighted by Crippen LogP contribution is -2.29. The van der Waals surface area contributed by atoms with Gasteiger partial charge in [0.25, 0.3) is 0 Å². The van der Waals surface area contributed by atoms with E-state index in [1.165, 1.54) is 5.56 Å². The second-order valence-electron chi connectivity index (χ2n) is 4.39. The highest BCUT2D eigenvalue weighted by Gasteiger charge is 2.10. The largest absolute Gasteiger partial charge is 0.309 e. The highest BCUT2D eigenvalue weighted by atomic mass is 35.5. The number of nitrogens with zero attached hydrogens (tertiary/aromatic N) is 1. The Bertz CT molecular complexity index is 353. The average molecular weight is 275 g/mol. The number of rotatable bonds is 6. The first-order valence-electron chi connectivity index (χ1n) is 5.87. The van der Waals surface area contributed by atoms with Gasteiger partial charge in [-0.3, -0.25) is 0 Å². The van der Waals surface area contributed by atoms with E-state index in [4.69, 9.17) is 23.2 Å². The molecular formula is C13H20Cl2N2. The van der Waals surface area contributed by atoms with Crippen molar-refractivity contribution in [3.8, 4) is 0 Å². The third-order valence-electron chi connectivity index (χ3n) is 2.70. The van der Waals surface area contributed by atoms with Crippen molar-refractivity contribution in [2.24, 2.45) is 0 Å². The van der Waals surface area contributed by atoms with E-state index in [1.54, 1.807) is 0 Å². The number of halogens is 2. The predicted octanol–water partition coefficient (Wildman–Crippen LogP) is 3.60. The summed E-state index contributed by atoms with van der Waals surface area (Å²) in [5, 5.41) is 4.75. The molecule has 0 saturated heterocycles. The van der Waals surface area contributed by atoms with Crippen LogP contribution in [0, 0.1) is 0 Å². The van der Waals surface area contributed by atoms with Crippen molar-refractivity contribution in [2.45, 2.75) is 19.4 Å². The van der Waals surface area contributed by atoms with Crippen molar-refractivity contribution in [2.75, 3.05) is 27.2 Å². The topological polar surface area (TPSA) is 15.3 Å². The molecule has 4 heteroatoms. The Morgan fingerprint density at radius 2 is 1.94 bits per heavy atom. The monoisotopic (exact) mass is 274 g/mol. The third kappa shape index (κ3) is 4.84. The van der Waals surface area contributed by atoms with Gasteiger partial charge in [-0.25, -0.2) is 0 Å². The van der Waals surface area contributed by atoms with Gasteiger partial charge < -0.3 is 10.2 Å². The molecule has 0 unspecified atom stereocenters. The maximum atomic E-state index is 6.03.